The minimum absolute atomic E-state index is 0.0978. The monoisotopic (exact) mass is 280 g/mol. The first kappa shape index (κ1) is 10.6. The number of carbonyl (C=O) groups excluding carboxylic acids is 1. The van der Waals surface area contributed by atoms with Crippen LogP contribution in [0.2, 0.25) is 0 Å². The van der Waals surface area contributed by atoms with Crippen LogP contribution in [-0.2, 0) is 0 Å². The van der Waals surface area contributed by atoms with Gasteiger partial charge in [-0.1, -0.05) is 22.0 Å². The Morgan fingerprint density at radius 3 is 2.73 bits per heavy atom. The van der Waals surface area contributed by atoms with Gasteiger partial charge in [-0.25, -0.2) is 0 Å². The van der Waals surface area contributed by atoms with Gasteiger partial charge in [0.25, 0.3) is 0 Å². The minimum Gasteiger partial charge on any atom is -0.288 e. The van der Waals surface area contributed by atoms with Crippen molar-refractivity contribution in [2.24, 2.45) is 0 Å². The van der Waals surface area contributed by atoms with E-state index >= 15 is 0 Å². The van der Waals surface area contributed by atoms with Gasteiger partial charge in [-0.15, -0.1) is 11.3 Å². The van der Waals surface area contributed by atoms with E-state index in [1.165, 1.54) is 11.3 Å². The fraction of sp³-hybridized carbons (Fsp3) is 0.0833. The zero-order valence-electron chi connectivity index (χ0n) is 8.16. The molecule has 0 saturated heterocycles. The molecule has 2 aromatic rings. The van der Waals surface area contributed by atoms with E-state index in [4.69, 9.17) is 0 Å². The van der Waals surface area contributed by atoms with Crippen molar-refractivity contribution < 1.29 is 4.79 Å². The average molecular weight is 281 g/mol. The fourth-order valence-electron chi connectivity index (χ4n) is 1.34. The number of halogens is 1. The van der Waals surface area contributed by atoms with Gasteiger partial charge in [0.1, 0.15) is 0 Å². The molecule has 0 aliphatic heterocycles. The number of hydrogen-bond acceptors (Lipinski definition) is 2. The summed E-state index contributed by atoms with van der Waals surface area (Å²) in [6.07, 6.45) is 0. The molecular formula is C12H9BrOS. The molecule has 0 unspecified atom stereocenters. The highest BCUT2D eigenvalue weighted by molar-refractivity contribution is 9.10. The number of hydrogen-bond donors (Lipinski definition) is 0. The lowest BCUT2D eigenvalue weighted by molar-refractivity contribution is 0.104. The second kappa shape index (κ2) is 4.29. The van der Waals surface area contributed by atoms with Gasteiger partial charge in [0.2, 0.25) is 5.78 Å². The molecule has 0 saturated carbocycles. The smallest absolute Gasteiger partial charge is 0.202 e. The first-order chi connectivity index (χ1) is 7.18. The third-order valence-corrected chi connectivity index (χ3v) is 3.92. The van der Waals surface area contributed by atoms with Crippen LogP contribution < -0.4 is 0 Å². The molecule has 0 atom stereocenters. The van der Waals surface area contributed by atoms with E-state index in [1.807, 2.05) is 42.6 Å². The van der Waals surface area contributed by atoms with Gasteiger partial charge in [0.05, 0.1) is 4.88 Å². The molecule has 1 nitrogen and oxygen atoms in total. The molecule has 1 heterocycles. The van der Waals surface area contributed by atoms with Crippen molar-refractivity contribution >= 4 is 33.0 Å². The molecule has 0 fully saturated rings. The van der Waals surface area contributed by atoms with Crippen LogP contribution in [0, 0.1) is 6.92 Å². The van der Waals surface area contributed by atoms with Gasteiger partial charge in [-0.3, -0.25) is 4.79 Å². The largest absolute Gasteiger partial charge is 0.288 e. The Balaban J connectivity index is 2.39. The summed E-state index contributed by atoms with van der Waals surface area (Å²) in [4.78, 5) is 12.8. The van der Waals surface area contributed by atoms with Crippen molar-refractivity contribution in [1.29, 1.82) is 0 Å². The summed E-state index contributed by atoms with van der Waals surface area (Å²) in [6.45, 7) is 1.98. The van der Waals surface area contributed by atoms with Crippen molar-refractivity contribution in [1.82, 2.24) is 0 Å². The van der Waals surface area contributed by atoms with Gasteiger partial charge in [-0.2, -0.15) is 0 Å². The lowest BCUT2D eigenvalue weighted by Gasteiger charge is -2.01. The molecular weight excluding hydrogens is 272 g/mol. The standard InChI is InChI=1S/C12H9BrOS/c1-8-7-9(4-5-10(8)13)12(14)11-3-2-6-15-11/h2-7H,1H3. The average Bonchev–Trinajstić information content (AvgIpc) is 2.74. The summed E-state index contributed by atoms with van der Waals surface area (Å²) in [5.74, 6) is 0.0978. The topological polar surface area (TPSA) is 17.1 Å². The number of thiophene rings is 1. The van der Waals surface area contributed by atoms with Gasteiger partial charge < -0.3 is 0 Å². The molecule has 0 radical (unpaired) electrons. The van der Waals surface area contributed by atoms with Crippen LogP contribution in [0.25, 0.3) is 0 Å². The zero-order valence-corrected chi connectivity index (χ0v) is 10.6. The summed E-state index contributed by atoms with van der Waals surface area (Å²) in [6, 6.07) is 9.41. The maximum Gasteiger partial charge on any atom is 0.202 e. The van der Waals surface area contributed by atoms with Crippen LogP contribution >= 0.6 is 27.3 Å². The van der Waals surface area contributed by atoms with Crippen LogP contribution in [0.5, 0.6) is 0 Å². The molecule has 1 aromatic carbocycles. The van der Waals surface area contributed by atoms with Gasteiger partial charge in [0.15, 0.2) is 0 Å². The van der Waals surface area contributed by atoms with Crippen LogP contribution in [0.15, 0.2) is 40.2 Å². The van der Waals surface area contributed by atoms with Gasteiger partial charge in [-0.05, 0) is 42.1 Å². The van der Waals surface area contributed by atoms with Crippen LogP contribution in [0.4, 0.5) is 0 Å². The van der Waals surface area contributed by atoms with Crippen molar-refractivity contribution in [2.75, 3.05) is 0 Å². The summed E-state index contributed by atoms with van der Waals surface area (Å²) in [5.41, 5.74) is 1.83. The predicted octanol–water partition coefficient (Wildman–Crippen LogP) is 4.05. The maximum absolute atomic E-state index is 12.0. The Labute approximate surface area is 101 Å². The molecule has 3 heteroatoms. The normalized spacial score (nSPS) is 10.3. The molecule has 15 heavy (non-hydrogen) atoms. The number of rotatable bonds is 2. The fourth-order valence-corrected chi connectivity index (χ4v) is 2.27. The Morgan fingerprint density at radius 2 is 2.13 bits per heavy atom. The molecule has 0 bridgehead atoms. The van der Waals surface area contributed by atoms with E-state index in [-0.39, 0.29) is 5.78 Å². The number of aryl methyl sites for hydroxylation is 1. The van der Waals surface area contributed by atoms with Gasteiger partial charge >= 0.3 is 0 Å². The van der Waals surface area contributed by atoms with Crippen molar-refractivity contribution in [3.8, 4) is 0 Å². The molecule has 0 spiro atoms. The van der Waals surface area contributed by atoms with Crippen molar-refractivity contribution in [3.05, 3.63) is 56.2 Å². The zero-order chi connectivity index (χ0) is 10.8. The van der Waals surface area contributed by atoms with E-state index in [0.29, 0.717) is 0 Å². The summed E-state index contributed by atoms with van der Waals surface area (Å²) in [7, 11) is 0. The van der Waals surface area contributed by atoms with Crippen LogP contribution in [-0.4, -0.2) is 5.78 Å². The molecule has 1 aromatic heterocycles. The molecule has 2 rings (SSSR count). The lowest BCUT2D eigenvalue weighted by atomic mass is 10.1. The Morgan fingerprint density at radius 1 is 1.33 bits per heavy atom. The second-order valence-corrected chi connectivity index (χ2v) is 5.07. The summed E-state index contributed by atoms with van der Waals surface area (Å²) in [5, 5.41) is 1.92. The third kappa shape index (κ3) is 2.19. The predicted molar refractivity (Wildman–Crippen MR) is 66.6 cm³/mol. The highest BCUT2D eigenvalue weighted by atomic mass is 79.9. The SMILES string of the molecule is Cc1cc(C(=O)c2cccs2)ccc1Br. The highest BCUT2D eigenvalue weighted by Gasteiger charge is 2.10. The minimum atomic E-state index is 0.0978. The number of ketones is 1. The van der Waals surface area contributed by atoms with Crippen molar-refractivity contribution in [3.63, 3.8) is 0 Å². The lowest BCUT2D eigenvalue weighted by Crippen LogP contribution is -1.98. The molecule has 0 aliphatic rings. The first-order valence-corrected chi connectivity index (χ1v) is 6.20. The second-order valence-electron chi connectivity index (χ2n) is 3.27. The Hall–Kier alpha value is -0.930. The summed E-state index contributed by atoms with van der Waals surface area (Å²) >= 11 is 4.89. The maximum atomic E-state index is 12.0. The van der Waals surface area contributed by atoms with E-state index in [2.05, 4.69) is 15.9 Å². The molecule has 0 N–H and O–H groups in total. The summed E-state index contributed by atoms with van der Waals surface area (Å²) < 4.78 is 1.03. The molecule has 0 aliphatic carbocycles. The highest BCUT2D eigenvalue weighted by Crippen LogP contribution is 2.20. The van der Waals surface area contributed by atoms with Crippen LogP contribution in [0.3, 0.4) is 0 Å². The van der Waals surface area contributed by atoms with E-state index in [9.17, 15) is 4.79 Å². The van der Waals surface area contributed by atoms with Gasteiger partial charge in [0, 0.05) is 10.0 Å². The number of benzene rings is 1. The molecule has 0 amide bonds. The third-order valence-electron chi connectivity index (χ3n) is 2.17. The van der Waals surface area contributed by atoms with E-state index in [1.54, 1.807) is 0 Å². The van der Waals surface area contributed by atoms with Crippen molar-refractivity contribution in [2.45, 2.75) is 6.92 Å². The quantitative estimate of drug-likeness (QED) is 0.759. The Bertz CT molecular complexity index is 488. The van der Waals surface area contributed by atoms with E-state index < -0.39 is 0 Å². The Kier molecular flexibility index (Phi) is 3.03. The van der Waals surface area contributed by atoms with Crippen LogP contribution in [0.1, 0.15) is 20.8 Å². The van der Waals surface area contributed by atoms with E-state index in [0.717, 1.165) is 20.5 Å². The number of carbonyl (C=O) groups is 1. The first-order valence-electron chi connectivity index (χ1n) is 4.53. The molecule has 76 valence electrons.